The van der Waals surface area contributed by atoms with E-state index in [1.807, 2.05) is 11.6 Å². The molecule has 2 aromatic rings. The Hall–Kier alpha value is -1.28. The molecule has 19 heavy (non-hydrogen) atoms. The zero-order valence-electron chi connectivity index (χ0n) is 10.7. The minimum absolute atomic E-state index is 0.162. The predicted molar refractivity (Wildman–Crippen MR) is 74.9 cm³/mol. The second kappa shape index (κ2) is 5.79. The molecule has 1 aliphatic rings. The van der Waals surface area contributed by atoms with E-state index in [-0.39, 0.29) is 6.04 Å². The normalized spacial score (nSPS) is 18.6. The quantitative estimate of drug-likeness (QED) is 0.750. The van der Waals surface area contributed by atoms with Crippen molar-refractivity contribution in [1.29, 1.82) is 0 Å². The third kappa shape index (κ3) is 2.69. The van der Waals surface area contributed by atoms with Crippen molar-refractivity contribution >= 4 is 11.3 Å². The highest BCUT2D eigenvalue weighted by Crippen LogP contribution is 2.29. The van der Waals surface area contributed by atoms with Gasteiger partial charge in [-0.1, -0.05) is 0 Å². The van der Waals surface area contributed by atoms with E-state index in [1.165, 1.54) is 0 Å². The molecular formula is C12H18N6S. The Bertz CT molecular complexity index is 502. The van der Waals surface area contributed by atoms with Gasteiger partial charge in [0.25, 0.3) is 0 Å². The molecule has 0 amide bonds. The Morgan fingerprint density at radius 3 is 2.89 bits per heavy atom. The summed E-state index contributed by atoms with van der Waals surface area (Å²) in [5, 5.41) is 6.51. The Morgan fingerprint density at radius 2 is 2.26 bits per heavy atom. The maximum Gasteiger partial charge on any atom is 0.116 e. The number of hydrogen-bond donors (Lipinski definition) is 3. The Kier molecular flexibility index (Phi) is 3.88. The van der Waals surface area contributed by atoms with Gasteiger partial charge in [-0.05, 0) is 0 Å². The highest BCUT2D eigenvalue weighted by molar-refractivity contribution is 7.09. The standard InChI is InChI=1S/C12H18N6S/c13-5-9-7-19-12(17-9)11(10-6-15-8-16-10)18-3-1-14-2-4-18/h6-8,11,14H,1-5,13H2,(H,15,16). The number of aromatic amines is 1. The minimum atomic E-state index is 0.162. The highest BCUT2D eigenvalue weighted by atomic mass is 32.1. The van der Waals surface area contributed by atoms with Crippen LogP contribution in [-0.2, 0) is 6.54 Å². The van der Waals surface area contributed by atoms with Gasteiger partial charge in [-0.3, -0.25) is 4.90 Å². The fraction of sp³-hybridized carbons (Fsp3) is 0.500. The molecule has 0 aliphatic carbocycles. The number of aromatic nitrogens is 3. The van der Waals surface area contributed by atoms with Crippen LogP contribution in [0.1, 0.15) is 22.4 Å². The van der Waals surface area contributed by atoms with Gasteiger partial charge in [0.1, 0.15) is 11.0 Å². The molecule has 0 bridgehead atoms. The third-order valence-electron chi connectivity index (χ3n) is 3.34. The number of rotatable bonds is 4. The molecule has 0 aromatic carbocycles. The van der Waals surface area contributed by atoms with Gasteiger partial charge >= 0.3 is 0 Å². The van der Waals surface area contributed by atoms with E-state index in [2.05, 4.69) is 25.2 Å². The summed E-state index contributed by atoms with van der Waals surface area (Å²) < 4.78 is 0. The molecule has 0 saturated carbocycles. The summed E-state index contributed by atoms with van der Waals surface area (Å²) in [7, 11) is 0. The van der Waals surface area contributed by atoms with Crippen molar-refractivity contribution in [3.8, 4) is 0 Å². The van der Waals surface area contributed by atoms with Gasteiger partial charge < -0.3 is 16.0 Å². The van der Waals surface area contributed by atoms with E-state index < -0.39 is 0 Å². The van der Waals surface area contributed by atoms with E-state index in [4.69, 9.17) is 5.73 Å². The molecule has 0 radical (unpaired) electrons. The number of nitrogens with two attached hydrogens (primary N) is 1. The van der Waals surface area contributed by atoms with Crippen molar-refractivity contribution in [1.82, 2.24) is 25.2 Å². The lowest BCUT2D eigenvalue weighted by molar-refractivity contribution is 0.195. The Labute approximate surface area is 116 Å². The lowest BCUT2D eigenvalue weighted by Gasteiger charge is -2.33. The van der Waals surface area contributed by atoms with Crippen LogP contribution >= 0.6 is 11.3 Å². The minimum Gasteiger partial charge on any atom is -0.347 e. The highest BCUT2D eigenvalue weighted by Gasteiger charge is 2.27. The number of imidazole rings is 1. The van der Waals surface area contributed by atoms with Crippen LogP contribution in [0.25, 0.3) is 0 Å². The second-order valence-electron chi connectivity index (χ2n) is 4.58. The van der Waals surface area contributed by atoms with Crippen molar-refractivity contribution in [2.24, 2.45) is 5.73 Å². The predicted octanol–water partition coefficient (Wildman–Crippen LogP) is 0.319. The van der Waals surface area contributed by atoms with Crippen LogP contribution < -0.4 is 11.1 Å². The summed E-state index contributed by atoms with van der Waals surface area (Å²) in [5.74, 6) is 0. The molecular weight excluding hydrogens is 260 g/mol. The molecule has 1 aliphatic heterocycles. The first-order chi connectivity index (χ1) is 9.38. The van der Waals surface area contributed by atoms with Gasteiger partial charge in [0.2, 0.25) is 0 Å². The van der Waals surface area contributed by atoms with Gasteiger partial charge in [0.05, 0.1) is 17.7 Å². The van der Waals surface area contributed by atoms with Gasteiger partial charge in [-0.2, -0.15) is 0 Å². The van der Waals surface area contributed by atoms with Crippen LogP contribution in [0.3, 0.4) is 0 Å². The summed E-state index contributed by atoms with van der Waals surface area (Å²) in [6.07, 6.45) is 3.61. The summed E-state index contributed by atoms with van der Waals surface area (Å²) in [6.45, 7) is 4.55. The fourth-order valence-corrected chi connectivity index (χ4v) is 3.37. The molecule has 1 unspecified atom stereocenters. The Morgan fingerprint density at radius 1 is 1.42 bits per heavy atom. The van der Waals surface area contributed by atoms with Crippen molar-refractivity contribution in [2.45, 2.75) is 12.6 Å². The average molecular weight is 278 g/mol. The fourth-order valence-electron chi connectivity index (χ4n) is 2.38. The summed E-state index contributed by atoms with van der Waals surface area (Å²) in [4.78, 5) is 14.4. The summed E-state index contributed by atoms with van der Waals surface area (Å²) >= 11 is 1.67. The van der Waals surface area contributed by atoms with Gasteiger partial charge in [0.15, 0.2) is 0 Å². The first-order valence-corrected chi connectivity index (χ1v) is 7.34. The molecule has 1 saturated heterocycles. The largest absolute Gasteiger partial charge is 0.347 e. The van der Waals surface area contributed by atoms with Crippen LogP contribution in [0.2, 0.25) is 0 Å². The second-order valence-corrected chi connectivity index (χ2v) is 5.47. The molecule has 102 valence electrons. The zero-order valence-corrected chi connectivity index (χ0v) is 11.5. The first kappa shape index (κ1) is 12.7. The molecule has 3 rings (SSSR count). The van der Waals surface area contributed by atoms with E-state index in [0.717, 1.165) is 42.6 Å². The van der Waals surface area contributed by atoms with Crippen LogP contribution in [-0.4, -0.2) is 46.0 Å². The van der Waals surface area contributed by atoms with Gasteiger partial charge in [-0.25, -0.2) is 9.97 Å². The van der Waals surface area contributed by atoms with E-state index >= 15 is 0 Å². The third-order valence-corrected chi connectivity index (χ3v) is 4.29. The average Bonchev–Trinajstić information content (AvgIpc) is 3.12. The SMILES string of the molecule is NCc1csc(C(c2cnc[nH]2)N2CCNCC2)n1. The lowest BCUT2D eigenvalue weighted by atomic mass is 10.1. The van der Waals surface area contributed by atoms with E-state index in [1.54, 1.807) is 17.7 Å². The molecule has 1 atom stereocenters. The monoisotopic (exact) mass is 278 g/mol. The molecule has 1 fully saturated rings. The lowest BCUT2D eigenvalue weighted by Crippen LogP contribution is -2.45. The molecule has 6 nitrogen and oxygen atoms in total. The van der Waals surface area contributed by atoms with Crippen LogP contribution in [0, 0.1) is 0 Å². The van der Waals surface area contributed by atoms with Gasteiger partial charge in [-0.15, -0.1) is 11.3 Å². The number of thiazole rings is 1. The van der Waals surface area contributed by atoms with E-state index in [0.29, 0.717) is 6.54 Å². The van der Waals surface area contributed by atoms with Gasteiger partial charge in [0, 0.05) is 44.3 Å². The molecule has 4 N–H and O–H groups in total. The Balaban J connectivity index is 1.91. The molecule has 0 spiro atoms. The van der Waals surface area contributed by atoms with Crippen molar-refractivity contribution in [2.75, 3.05) is 26.2 Å². The maximum absolute atomic E-state index is 5.66. The number of piperazine rings is 1. The number of H-pyrrole nitrogens is 1. The maximum atomic E-state index is 5.66. The smallest absolute Gasteiger partial charge is 0.116 e. The van der Waals surface area contributed by atoms with Crippen molar-refractivity contribution in [3.05, 3.63) is 34.3 Å². The van der Waals surface area contributed by atoms with Crippen LogP contribution in [0.15, 0.2) is 17.9 Å². The molecule has 3 heterocycles. The number of hydrogen-bond acceptors (Lipinski definition) is 6. The molecule has 7 heteroatoms. The zero-order chi connectivity index (χ0) is 13.1. The van der Waals surface area contributed by atoms with Crippen molar-refractivity contribution < 1.29 is 0 Å². The van der Waals surface area contributed by atoms with E-state index in [9.17, 15) is 0 Å². The van der Waals surface area contributed by atoms with Crippen LogP contribution in [0.5, 0.6) is 0 Å². The van der Waals surface area contributed by atoms with Crippen molar-refractivity contribution in [3.63, 3.8) is 0 Å². The van der Waals surface area contributed by atoms with Crippen LogP contribution in [0.4, 0.5) is 0 Å². The first-order valence-electron chi connectivity index (χ1n) is 6.46. The molecule has 2 aromatic heterocycles. The summed E-state index contributed by atoms with van der Waals surface area (Å²) in [5.41, 5.74) is 7.72. The number of nitrogens with zero attached hydrogens (tertiary/aromatic N) is 3. The number of nitrogens with one attached hydrogen (secondary N) is 2. The topological polar surface area (TPSA) is 82.9 Å². The summed E-state index contributed by atoms with van der Waals surface area (Å²) in [6, 6.07) is 0.162.